The molecule has 23 heavy (non-hydrogen) atoms. The minimum Gasteiger partial charge on any atom is -0.502 e. The van der Waals surface area contributed by atoms with E-state index in [1.807, 2.05) is 0 Å². The van der Waals surface area contributed by atoms with Crippen molar-refractivity contribution in [3.63, 3.8) is 0 Å². The molecule has 132 valence electrons. The minimum atomic E-state index is -0.676. The highest BCUT2D eigenvalue weighted by molar-refractivity contribution is 5.86. The predicted molar refractivity (Wildman–Crippen MR) is 89.8 cm³/mol. The molecule has 1 fully saturated rings. The summed E-state index contributed by atoms with van der Waals surface area (Å²) in [5, 5.41) is 8.97. The highest BCUT2D eigenvalue weighted by Gasteiger charge is 2.33. The lowest BCUT2D eigenvalue weighted by atomic mass is 9.75. The van der Waals surface area contributed by atoms with E-state index in [9.17, 15) is 9.59 Å². The number of ether oxygens (including phenoxy) is 2. The molecule has 3 unspecified atom stereocenters. The Hall–Kier alpha value is -1.78. The van der Waals surface area contributed by atoms with Crippen LogP contribution in [0.2, 0.25) is 0 Å². The number of methoxy groups -OCH3 is 1. The van der Waals surface area contributed by atoms with Crippen LogP contribution in [0.15, 0.2) is 24.5 Å². The van der Waals surface area contributed by atoms with Crippen molar-refractivity contribution in [3.8, 4) is 0 Å². The van der Waals surface area contributed by atoms with E-state index in [0.717, 1.165) is 12.8 Å². The minimum absolute atomic E-state index is 0.0693. The normalized spacial score (nSPS) is 23.3. The van der Waals surface area contributed by atoms with E-state index in [4.69, 9.17) is 9.84 Å². The van der Waals surface area contributed by atoms with E-state index in [1.54, 1.807) is 6.92 Å². The van der Waals surface area contributed by atoms with Gasteiger partial charge in [0.15, 0.2) is 5.76 Å². The van der Waals surface area contributed by atoms with Gasteiger partial charge in [-0.05, 0) is 44.1 Å². The van der Waals surface area contributed by atoms with Crippen LogP contribution in [-0.4, -0.2) is 30.3 Å². The van der Waals surface area contributed by atoms with Gasteiger partial charge in [-0.15, -0.1) is 0 Å². The lowest BCUT2D eigenvalue weighted by Gasteiger charge is -2.36. The van der Waals surface area contributed by atoms with Gasteiger partial charge in [0, 0.05) is 5.57 Å². The SMILES string of the molecule is C=C(C)C(=O)OC.C=C(O)C(=O)OC1CC(C)CCC1C(C)C. The Morgan fingerprint density at radius 2 is 1.74 bits per heavy atom. The average molecular weight is 326 g/mol. The lowest BCUT2D eigenvalue weighted by Crippen LogP contribution is -2.36. The third-order valence-corrected chi connectivity index (χ3v) is 3.99. The number of aliphatic hydroxyl groups is 1. The van der Waals surface area contributed by atoms with Gasteiger partial charge in [-0.2, -0.15) is 0 Å². The van der Waals surface area contributed by atoms with Gasteiger partial charge in [0.05, 0.1) is 7.11 Å². The van der Waals surface area contributed by atoms with Crippen LogP contribution >= 0.6 is 0 Å². The maximum atomic E-state index is 11.3. The van der Waals surface area contributed by atoms with Gasteiger partial charge in [-0.3, -0.25) is 0 Å². The van der Waals surface area contributed by atoms with Crippen LogP contribution in [0.3, 0.4) is 0 Å². The fourth-order valence-electron chi connectivity index (χ4n) is 2.63. The van der Waals surface area contributed by atoms with Crippen LogP contribution < -0.4 is 0 Å². The molecule has 0 aromatic heterocycles. The van der Waals surface area contributed by atoms with Crippen molar-refractivity contribution in [2.24, 2.45) is 17.8 Å². The second-order valence-electron chi connectivity index (χ2n) is 6.49. The summed E-state index contributed by atoms with van der Waals surface area (Å²) in [5.41, 5.74) is 0.433. The second-order valence-corrected chi connectivity index (χ2v) is 6.49. The monoisotopic (exact) mass is 326 g/mol. The van der Waals surface area contributed by atoms with Crippen LogP contribution in [0.4, 0.5) is 0 Å². The number of carbonyl (C=O) groups is 2. The second kappa shape index (κ2) is 10.1. The topological polar surface area (TPSA) is 72.8 Å². The molecule has 0 aliphatic heterocycles. The number of carbonyl (C=O) groups excluding carboxylic acids is 2. The van der Waals surface area contributed by atoms with Gasteiger partial charge < -0.3 is 14.6 Å². The van der Waals surface area contributed by atoms with Crippen LogP contribution in [-0.2, 0) is 19.1 Å². The molecule has 0 heterocycles. The van der Waals surface area contributed by atoms with Crippen LogP contribution in [0, 0.1) is 17.8 Å². The van der Waals surface area contributed by atoms with Gasteiger partial charge in [0.1, 0.15) is 6.10 Å². The first-order valence-electron chi connectivity index (χ1n) is 7.92. The smallest absolute Gasteiger partial charge is 0.373 e. The molecular weight excluding hydrogens is 296 g/mol. The van der Waals surface area contributed by atoms with Gasteiger partial charge in [0.2, 0.25) is 0 Å². The highest BCUT2D eigenvalue weighted by Crippen LogP contribution is 2.35. The molecule has 3 atom stereocenters. The van der Waals surface area contributed by atoms with E-state index in [1.165, 1.54) is 13.5 Å². The third-order valence-electron chi connectivity index (χ3n) is 3.99. The Labute approximate surface area is 139 Å². The molecule has 1 saturated carbocycles. The summed E-state index contributed by atoms with van der Waals surface area (Å²) in [7, 11) is 1.33. The first-order valence-corrected chi connectivity index (χ1v) is 7.92. The molecule has 0 aromatic rings. The first-order chi connectivity index (χ1) is 10.6. The fourth-order valence-corrected chi connectivity index (χ4v) is 2.63. The summed E-state index contributed by atoms with van der Waals surface area (Å²) < 4.78 is 9.58. The number of aliphatic hydroxyl groups excluding tert-OH is 1. The summed E-state index contributed by atoms with van der Waals surface area (Å²) in [5.74, 6) is -0.0398. The van der Waals surface area contributed by atoms with Gasteiger partial charge in [-0.25, -0.2) is 9.59 Å². The molecule has 0 spiro atoms. The van der Waals surface area contributed by atoms with E-state index >= 15 is 0 Å². The molecular formula is C18H30O5. The van der Waals surface area contributed by atoms with Crippen molar-refractivity contribution in [2.45, 2.75) is 53.1 Å². The Morgan fingerprint density at radius 1 is 1.17 bits per heavy atom. The number of esters is 2. The summed E-state index contributed by atoms with van der Waals surface area (Å²) in [6.45, 7) is 14.6. The molecule has 0 amide bonds. The lowest BCUT2D eigenvalue weighted by molar-refractivity contribution is -0.154. The quantitative estimate of drug-likeness (QED) is 0.483. The van der Waals surface area contributed by atoms with Crippen LogP contribution in [0.25, 0.3) is 0 Å². The van der Waals surface area contributed by atoms with Crippen molar-refractivity contribution < 1.29 is 24.2 Å². The number of rotatable bonds is 4. The summed E-state index contributed by atoms with van der Waals surface area (Å²) in [6.07, 6.45) is 3.10. The average Bonchev–Trinajstić information content (AvgIpc) is 2.46. The van der Waals surface area contributed by atoms with Crippen molar-refractivity contribution in [3.05, 3.63) is 24.5 Å². The molecule has 0 bridgehead atoms. The van der Waals surface area contributed by atoms with Crippen LogP contribution in [0.5, 0.6) is 0 Å². The van der Waals surface area contributed by atoms with E-state index < -0.39 is 11.7 Å². The molecule has 0 radical (unpaired) electrons. The largest absolute Gasteiger partial charge is 0.502 e. The zero-order valence-corrected chi connectivity index (χ0v) is 14.9. The van der Waals surface area contributed by atoms with Crippen molar-refractivity contribution >= 4 is 11.9 Å². The maximum Gasteiger partial charge on any atom is 0.373 e. The van der Waals surface area contributed by atoms with Gasteiger partial charge in [-0.1, -0.05) is 33.8 Å². The Balaban J connectivity index is 0.000000585. The van der Waals surface area contributed by atoms with Gasteiger partial charge >= 0.3 is 11.9 Å². The molecule has 1 rings (SSSR count). The van der Waals surface area contributed by atoms with E-state index in [-0.39, 0.29) is 12.1 Å². The third kappa shape index (κ3) is 7.86. The molecule has 0 aromatic carbocycles. The van der Waals surface area contributed by atoms with E-state index in [0.29, 0.717) is 23.3 Å². The molecule has 5 nitrogen and oxygen atoms in total. The summed E-state index contributed by atoms with van der Waals surface area (Å²) >= 11 is 0. The molecule has 5 heteroatoms. The van der Waals surface area contributed by atoms with Crippen LogP contribution in [0.1, 0.15) is 47.0 Å². The fraction of sp³-hybridized carbons (Fsp3) is 0.667. The number of hydrogen-bond acceptors (Lipinski definition) is 5. The van der Waals surface area contributed by atoms with Crippen molar-refractivity contribution in [1.82, 2.24) is 0 Å². The van der Waals surface area contributed by atoms with Crippen molar-refractivity contribution in [2.75, 3.05) is 7.11 Å². The number of hydrogen-bond donors (Lipinski definition) is 1. The van der Waals surface area contributed by atoms with E-state index in [2.05, 4.69) is 38.7 Å². The Morgan fingerprint density at radius 3 is 2.09 bits per heavy atom. The first kappa shape index (κ1) is 21.2. The molecule has 1 N–H and O–H groups in total. The predicted octanol–water partition coefficient (Wildman–Crippen LogP) is 3.80. The standard InChI is InChI=1S/C13H22O3.C5H8O2/c1-8(2)11-6-5-9(3)7-12(11)16-13(15)10(4)14;1-4(2)5(6)7-3/h8-9,11-12,14H,4-7H2,1-3H3;1H2,2-3H3. The van der Waals surface area contributed by atoms with Gasteiger partial charge in [0.25, 0.3) is 0 Å². The zero-order valence-electron chi connectivity index (χ0n) is 14.9. The summed E-state index contributed by atoms with van der Waals surface area (Å²) in [4.78, 5) is 21.5. The highest BCUT2D eigenvalue weighted by atomic mass is 16.6. The molecule has 1 aliphatic carbocycles. The summed E-state index contributed by atoms with van der Waals surface area (Å²) in [6, 6.07) is 0. The Kier molecular flexibility index (Phi) is 9.30. The molecule has 1 aliphatic rings. The van der Waals surface area contributed by atoms with Crippen molar-refractivity contribution in [1.29, 1.82) is 0 Å². The maximum absolute atomic E-state index is 11.3. The zero-order chi connectivity index (χ0) is 18.2. The molecule has 0 saturated heterocycles. The Bertz CT molecular complexity index is 439.